The lowest BCUT2D eigenvalue weighted by molar-refractivity contribution is 0.199. The molecule has 0 bridgehead atoms. The number of nitrogens with one attached hydrogen (secondary N) is 1. The Labute approximate surface area is 218 Å². The van der Waals surface area contributed by atoms with Crippen LogP contribution >= 0.6 is 0 Å². The highest BCUT2D eigenvalue weighted by Gasteiger charge is 2.24. The molecule has 37 heavy (non-hydrogen) atoms. The number of benzene rings is 3. The number of hydrogen-bond donors (Lipinski definition) is 1. The van der Waals surface area contributed by atoms with Crippen molar-refractivity contribution < 1.29 is 0 Å². The molecule has 0 amide bonds. The topological polar surface area (TPSA) is 60.9 Å². The number of nitrogens with zero attached hydrogens (tertiary/aromatic N) is 5. The summed E-state index contributed by atoms with van der Waals surface area (Å²) < 4.78 is 0. The number of H-pyrrole nitrogens is 1. The molecule has 5 aromatic rings. The molecule has 188 valence electrons. The van der Waals surface area contributed by atoms with Gasteiger partial charge in [0.25, 0.3) is 0 Å². The SMILES string of the molecule is C[C@@H](c1ccc2nccnc2c1)N1CCN(c2cccc3[nH]c(-c4ccc(C(C)(C)C)cc4)nc23)CC1. The van der Waals surface area contributed by atoms with E-state index in [0.717, 1.165) is 59.6 Å². The molecule has 1 aliphatic heterocycles. The maximum atomic E-state index is 5.06. The van der Waals surface area contributed by atoms with E-state index in [-0.39, 0.29) is 5.41 Å². The van der Waals surface area contributed by atoms with Gasteiger partial charge >= 0.3 is 0 Å². The van der Waals surface area contributed by atoms with E-state index >= 15 is 0 Å². The first-order valence-corrected chi connectivity index (χ1v) is 13.2. The molecule has 1 saturated heterocycles. The molecule has 3 aromatic carbocycles. The van der Waals surface area contributed by atoms with Crippen molar-refractivity contribution in [3.8, 4) is 11.4 Å². The number of fused-ring (bicyclic) bond motifs is 2. The molecule has 0 spiro atoms. The first-order valence-electron chi connectivity index (χ1n) is 13.2. The van der Waals surface area contributed by atoms with Crippen LogP contribution in [0.4, 0.5) is 5.69 Å². The van der Waals surface area contributed by atoms with E-state index in [1.54, 1.807) is 12.4 Å². The third-order valence-corrected chi connectivity index (χ3v) is 7.69. The molecular weight excluding hydrogens is 456 g/mol. The van der Waals surface area contributed by atoms with Crippen molar-refractivity contribution in [2.45, 2.75) is 39.2 Å². The minimum Gasteiger partial charge on any atom is -0.367 e. The van der Waals surface area contributed by atoms with Crippen molar-refractivity contribution in [3.63, 3.8) is 0 Å². The Hall–Kier alpha value is -3.77. The average Bonchev–Trinajstić information content (AvgIpc) is 3.37. The van der Waals surface area contributed by atoms with Crippen LogP contribution in [-0.4, -0.2) is 51.0 Å². The average molecular weight is 491 g/mol. The van der Waals surface area contributed by atoms with Gasteiger partial charge in [0, 0.05) is 50.2 Å². The van der Waals surface area contributed by atoms with Crippen LogP contribution in [-0.2, 0) is 5.41 Å². The third-order valence-electron chi connectivity index (χ3n) is 7.69. The van der Waals surface area contributed by atoms with Gasteiger partial charge in [-0.15, -0.1) is 0 Å². The number of para-hydroxylation sites is 1. The minimum absolute atomic E-state index is 0.140. The van der Waals surface area contributed by atoms with Crippen LogP contribution in [0.3, 0.4) is 0 Å². The fourth-order valence-electron chi connectivity index (χ4n) is 5.34. The first kappa shape index (κ1) is 23.6. The lowest BCUT2D eigenvalue weighted by Crippen LogP contribution is -2.47. The zero-order valence-corrected chi connectivity index (χ0v) is 22.1. The summed E-state index contributed by atoms with van der Waals surface area (Å²) in [7, 11) is 0. The fourth-order valence-corrected chi connectivity index (χ4v) is 5.34. The van der Waals surface area contributed by atoms with E-state index in [1.807, 2.05) is 0 Å². The molecule has 1 atom stereocenters. The van der Waals surface area contributed by atoms with Crippen molar-refractivity contribution >= 4 is 27.8 Å². The highest BCUT2D eigenvalue weighted by atomic mass is 15.3. The van der Waals surface area contributed by atoms with Gasteiger partial charge in [-0.2, -0.15) is 0 Å². The molecule has 0 aliphatic carbocycles. The number of anilines is 1. The van der Waals surface area contributed by atoms with E-state index in [1.165, 1.54) is 16.8 Å². The predicted octanol–water partition coefficient (Wildman–Crippen LogP) is 6.35. The second kappa shape index (κ2) is 9.27. The van der Waals surface area contributed by atoms with Gasteiger partial charge < -0.3 is 9.88 Å². The van der Waals surface area contributed by atoms with E-state index < -0.39 is 0 Å². The number of aromatic amines is 1. The zero-order chi connectivity index (χ0) is 25.6. The molecule has 6 rings (SSSR count). The van der Waals surface area contributed by atoms with Gasteiger partial charge in [-0.3, -0.25) is 14.9 Å². The van der Waals surface area contributed by atoms with Crippen molar-refractivity contribution in [1.29, 1.82) is 0 Å². The van der Waals surface area contributed by atoms with Crippen LogP contribution in [0.1, 0.15) is 44.9 Å². The van der Waals surface area contributed by atoms with E-state index in [4.69, 9.17) is 4.98 Å². The van der Waals surface area contributed by atoms with Crippen molar-refractivity contribution in [2.75, 3.05) is 31.1 Å². The van der Waals surface area contributed by atoms with Crippen LogP contribution in [0.25, 0.3) is 33.5 Å². The molecule has 6 nitrogen and oxygen atoms in total. The number of piperazine rings is 1. The van der Waals surface area contributed by atoms with Gasteiger partial charge in [0.05, 0.1) is 22.2 Å². The molecule has 0 unspecified atom stereocenters. The Balaban J connectivity index is 1.19. The summed E-state index contributed by atoms with van der Waals surface area (Å²) in [6, 6.07) is 22.0. The van der Waals surface area contributed by atoms with Gasteiger partial charge in [-0.05, 0) is 47.7 Å². The second-order valence-electron chi connectivity index (χ2n) is 11.1. The Bertz CT molecular complexity index is 1540. The number of hydrogen-bond acceptors (Lipinski definition) is 5. The normalized spacial score (nSPS) is 15.9. The van der Waals surface area contributed by atoms with Gasteiger partial charge in [0.1, 0.15) is 11.3 Å². The largest absolute Gasteiger partial charge is 0.367 e. The molecule has 0 radical (unpaired) electrons. The summed E-state index contributed by atoms with van der Waals surface area (Å²) in [5.41, 5.74) is 9.12. The van der Waals surface area contributed by atoms with Gasteiger partial charge in [0.2, 0.25) is 0 Å². The van der Waals surface area contributed by atoms with Crippen LogP contribution < -0.4 is 4.90 Å². The maximum absolute atomic E-state index is 5.06. The van der Waals surface area contributed by atoms with E-state index in [9.17, 15) is 0 Å². The summed E-state index contributed by atoms with van der Waals surface area (Å²) in [6.45, 7) is 13.0. The Morgan fingerprint density at radius 3 is 2.30 bits per heavy atom. The lowest BCUT2D eigenvalue weighted by atomic mass is 9.87. The Morgan fingerprint density at radius 2 is 1.57 bits per heavy atom. The first-order chi connectivity index (χ1) is 17.9. The third kappa shape index (κ3) is 4.58. The summed E-state index contributed by atoms with van der Waals surface area (Å²) in [5, 5.41) is 0. The Morgan fingerprint density at radius 1 is 0.838 bits per heavy atom. The fraction of sp³-hybridized carbons (Fsp3) is 0.323. The molecule has 2 aromatic heterocycles. The Kier molecular flexibility index (Phi) is 5.92. The van der Waals surface area contributed by atoms with Crippen LogP contribution in [0.5, 0.6) is 0 Å². The molecule has 6 heteroatoms. The quantitative estimate of drug-likeness (QED) is 0.318. The van der Waals surface area contributed by atoms with Crippen molar-refractivity contribution in [3.05, 3.63) is 84.2 Å². The predicted molar refractivity (Wildman–Crippen MR) is 152 cm³/mol. The van der Waals surface area contributed by atoms with Crippen LogP contribution in [0.15, 0.2) is 73.1 Å². The summed E-state index contributed by atoms with van der Waals surface area (Å²) in [5.74, 6) is 0.926. The standard InChI is InChI=1S/C31H34N6/c1-21(23-10-13-25-27(20-23)33-15-14-32-25)36-16-18-37(19-17-36)28-7-5-6-26-29(28)35-30(34-26)22-8-11-24(12-9-22)31(2,3)4/h5-15,20-21H,16-19H2,1-4H3,(H,34,35)/t21-/m0/s1. The van der Waals surface area contributed by atoms with E-state index in [2.05, 4.69) is 113 Å². The molecule has 1 fully saturated rings. The van der Waals surface area contributed by atoms with Gasteiger partial charge in [-0.1, -0.05) is 57.2 Å². The van der Waals surface area contributed by atoms with Gasteiger partial charge in [-0.25, -0.2) is 4.98 Å². The van der Waals surface area contributed by atoms with Crippen molar-refractivity contribution in [2.24, 2.45) is 0 Å². The summed E-state index contributed by atoms with van der Waals surface area (Å²) >= 11 is 0. The molecule has 3 heterocycles. The highest BCUT2D eigenvalue weighted by molar-refractivity contribution is 5.91. The number of rotatable bonds is 4. The van der Waals surface area contributed by atoms with Gasteiger partial charge in [0.15, 0.2) is 0 Å². The summed E-state index contributed by atoms with van der Waals surface area (Å²) in [4.78, 5) is 22.5. The smallest absolute Gasteiger partial charge is 0.138 e. The second-order valence-corrected chi connectivity index (χ2v) is 11.1. The molecule has 1 N–H and O–H groups in total. The maximum Gasteiger partial charge on any atom is 0.138 e. The molecule has 1 aliphatic rings. The van der Waals surface area contributed by atoms with E-state index in [0.29, 0.717) is 6.04 Å². The highest BCUT2D eigenvalue weighted by Crippen LogP contribution is 2.32. The number of aromatic nitrogens is 4. The molecule has 0 saturated carbocycles. The lowest BCUT2D eigenvalue weighted by Gasteiger charge is -2.39. The minimum atomic E-state index is 0.140. The molecular formula is C31H34N6. The van der Waals surface area contributed by atoms with Crippen molar-refractivity contribution in [1.82, 2.24) is 24.8 Å². The summed E-state index contributed by atoms with van der Waals surface area (Å²) in [6.07, 6.45) is 3.51. The van der Waals surface area contributed by atoms with Crippen LogP contribution in [0.2, 0.25) is 0 Å². The monoisotopic (exact) mass is 490 g/mol. The number of imidazole rings is 1. The zero-order valence-electron chi connectivity index (χ0n) is 22.1. The van der Waals surface area contributed by atoms with Crippen LogP contribution in [0, 0.1) is 0 Å².